The minimum Gasteiger partial charge on any atom is -0.360 e. The molecule has 0 radical (unpaired) electrons. The van der Waals surface area contributed by atoms with Gasteiger partial charge in [-0.25, -0.2) is 4.98 Å². The lowest BCUT2D eigenvalue weighted by molar-refractivity contribution is -0.120. The molecule has 3 heterocycles. The first-order valence-corrected chi connectivity index (χ1v) is 9.91. The van der Waals surface area contributed by atoms with Gasteiger partial charge in [0.2, 0.25) is 5.91 Å². The molecule has 3 aromatic rings. The van der Waals surface area contributed by atoms with Crippen LogP contribution in [0.25, 0.3) is 10.9 Å². The quantitative estimate of drug-likeness (QED) is 0.622. The van der Waals surface area contributed by atoms with Crippen LogP contribution in [0.4, 0.5) is 11.6 Å². The predicted molar refractivity (Wildman–Crippen MR) is 109 cm³/mol. The number of aryl methyl sites for hydroxylation is 1. The highest BCUT2D eigenvalue weighted by molar-refractivity contribution is 9.10. The van der Waals surface area contributed by atoms with Crippen LogP contribution >= 0.6 is 27.5 Å². The molecule has 0 bridgehead atoms. The van der Waals surface area contributed by atoms with Gasteiger partial charge in [-0.1, -0.05) is 32.7 Å². The molecule has 27 heavy (non-hydrogen) atoms. The fourth-order valence-electron chi connectivity index (χ4n) is 3.35. The summed E-state index contributed by atoms with van der Waals surface area (Å²) in [7, 11) is 0. The molecule has 0 saturated carbocycles. The highest BCUT2D eigenvalue weighted by Crippen LogP contribution is 2.30. The van der Waals surface area contributed by atoms with Crippen LogP contribution in [-0.4, -0.2) is 29.1 Å². The smallest absolute Gasteiger partial charge is 0.228 e. The van der Waals surface area contributed by atoms with Gasteiger partial charge in [0.15, 0.2) is 5.82 Å². The van der Waals surface area contributed by atoms with E-state index in [1.165, 1.54) is 0 Å². The van der Waals surface area contributed by atoms with Gasteiger partial charge in [-0.05, 0) is 44.0 Å². The molecule has 1 aromatic carbocycles. The number of halogens is 2. The lowest BCUT2D eigenvalue weighted by atomic mass is 9.96. The Balaban J connectivity index is 1.43. The fraction of sp³-hybridized carbons (Fsp3) is 0.316. The number of aromatic nitrogens is 2. The Bertz CT molecular complexity index is 999. The number of rotatable bonds is 3. The first-order chi connectivity index (χ1) is 13.0. The molecule has 0 spiro atoms. The topological polar surface area (TPSA) is 71.3 Å². The third kappa shape index (κ3) is 3.94. The van der Waals surface area contributed by atoms with Gasteiger partial charge in [0, 0.05) is 34.9 Å². The Labute approximate surface area is 170 Å². The van der Waals surface area contributed by atoms with E-state index in [0.29, 0.717) is 16.6 Å². The van der Waals surface area contributed by atoms with E-state index in [1.54, 1.807) is 13.0 Å². The summed E-state index contributed by atoms with van der Waals surface area (Å²) in [6.45, 7) is 3.33. The van der Waals surface area contributed by atoms with Gasteiger partial charge in [0.25, 0.3) is 0 Å². The van der Waals surface area contributed by atoms with Crippen molar-refractivity contribution in [3.05, 3.63) is 45.6 Å². The summed E-state index contributed by atoms with van der Waals surface area (Å²) in [6.07, 6.45) is 1.52. The summed E-state index contributed by atoms with van der Waals surface area (Å²) in [5.74, 6) is 1.98. The number of hydrogen-bond acceptors (Lipinski definition) is 5. The van der Waals surface area contributed by atoms with Crippen LogP contribution in [0.15, 0.2) is 39.3 Å². The highest BCUT2D eigenvalue weighted by atomic mass is 79.9. The van der Waals surface area contributed by atoms with E-state index in [-0.39, 0.29) is 11.8 Å². The maximum Gasteiger partial charge on any atom is 0.228 e. The monoisotopic (exact) mass is 448 g/mol. The summed E-state index contributed by atoms with van der Waals surface area (Å²) >= 11 is 9.79. The number of piperidine rings is 1. The Hall–Kier alpha value is -2.12. The van der Waals surface area contributed by atoms with Crippen LogP contribution in [0.3, 0.4) is 0 Å². The average molecular weight is 450 g/mol. The summed E-state index contributed by atoms with van der Waals surface area (Å²) in [4.78, 5) is 19.3. The van der Waals surface area contributed by atoms with Crippen molar-refractivity contribution in [2.45, 2.75) is 19.8 Å². The van der Waals surface area contributed by atoms with E-state index in [2.05, 4.69) is 31.3 Å². The van der Waals surface area contributed by atoms with E-state index in [9.17, 15) is 4.79 Å². The second kappa shape index (κ2) is 7.48. The van der Waals surface area contributed by atoms with Gasteiger partial charge in [-0.15, -0.1) is 0 Å². The Morgan fingerprint density at radius 1 is 1.30 bits per heavy atom. The SMILES string of the molecule is Cc1cc(NC(=O)C2CCN(c3ccc4cc(Br)cc(Cl)c4n3)CC2)no1. The van der Waals surface area contributed by atoms with Gasteiger partial charge >= 0.3 is 0 Å². The number of nitrogens with one attached hydrogen (secondary N) is 1. The molecule has 6 nitrogen and oxygen atoms in total. The number of carbonyl (C=O) groups is 1. The van der Waals surface area contributed by atoms with Crippen molar-refractivity contribution >= 4 is 56.0 Å². The van der Waals surface area contributed by atoms with Gasteiger partial charge < -0.3 is 14.7 Å². The van der Waals surface area contributed by atoms with E-state index in [0.717, 1.165) is 47.1 Å². The van der Waals surface area contributed by atoms with Crippen LogP contribution in [-0.2, 0) is 4.79 Å². The Kier molecular flexibility index (Phi) is 5.06. The molecule has 4 rings (SSSR count). The van der Waals surface area contributed by atoms with Gasteiger partial charge in [-0.2, -0.15) is 0 Å². The van der Waals surface area contributed by atoms with Crippen LogP contribution in [0, 0.1) is 12.8 Å². The zero-order valence-electron chi connectivity index (χ0n) is 14.7. The number of amides is 1. The summed E-state index contributed by atoms with van der Waals surface area (Å²) in [5, 5.41) is 8.26. The molecule has 1 amide bonds. The molecule has 1 aliphatic rings. The maximum atomic E-state index is 12.4. The molecule has 1 N–H and O–H groups in total. The molecule has 0 unspecified atom stereocenters. The third-order valence-corrected chi connectivity index (χ3v) is 5.51. The average Bonchev–Trinajstić information content (AvgIpc) is 3.06. The van der Waals surface area contributed by atoms with Crippen LogP contribution in [0.1, 0.15) is 18.6 Å². The molecule has 1 fully saturated rings. The van der Waals surface area contributed by atoms with Crippen molar-refractivity contribution < 1.29 is 9.32 Å². The van der Waals surface area contributed by atoms with Crippen molar-refractivity contribution in [1.29, 1.82) is 0 Å². The van der Waals surface area contributed by atoms with Crippen LogP contribution in [0.5, 0.6) is 0 Å². The van der Waals surface area contributed by atoms with E-state index in [1.807, 2.05) is 24.3 Å². The van der Waals surface area contributed by atoms with Crippen molar-refractivity contribution in [1.82, 2.24) is 10.1 Å². The highest BCUT2D eigenvalue weighted by Gasteiger charge is 2.26. The molecule has 0 atom stereocenters. The van der Waals surface area contributed by atoms with E-state index < -0.39 is 0 Å². The van der Waals surface area contributed by atoms with E-state index >= 15 is 0 Å². The second-order valence-electron chi connectivity index (χ2n) is 6.70. The predicted octanol–water partition coefficient (Wildman–Crippen LogP) is 4.80. The number of pyridine rings is 1. The molecular formula is C19H18BrClN4O2. The lowest BCUT2D eigenvalue weighted by Gasteiger charge is -2.32. The standard InChI is InChI=1S/C19H18BrClN4O2/c1-11-8-16(24-27-11)22-19(26)12-4-6-25(7-5-12)17-3-2-13-9-14(20)10-15(21)18(13)23-17/h2-3,8-10,12H,4-7H2,1H3,(H,22,24,26). The first-order valence-electron chi connectivity index (χ1n) is 8.74. The Morgan fingerprint density at radius 3 is 2.78 bits per heavy atom. The summed E-state index contributed by atoms with van der Waals surface area (Å²) < 4.78 is 5.92. The number of benzene rings is 1. The van der Waals surface area contributed by atoms with Crippen molar-refractivity contribution in [3.63, 3.8) is 0 Å². The molecule has 0 aliphatic carbocycles. The second-order valence-corrected chi connectivity index (χ2v) is 8.03. The first kappa shape index (κ1) is 18.3. The number of anilines is 2. The van der Waals surface area contributed by atoms with Crippen LogP contribution < -0.4 is 10.2 Å². The van der Waals surface area contributed by atoms with Crippen LogP contribution in [0.2, 0.25) is 5.02 Å². The minimum atomic E-state index is -0.0433. The zero-order chi connectivity index (χ0) is 19.0. The molecule has 8 heteroatoms. The Morgan fingerprint density at radius 2 is 2.07 bits per heavy atom. The normalized spacial score (nSPS) is 15.3. The molecule has 1 saturated heterocycles. The maximum absolute atomic E-state index is 12.4. The largest absolute Gasteiger partial charge is 0.360 e. The zero-order valence-corrected chi connectivity index (χ0v) is 17.0. The number of hydrogen-bond donors (Lipinski definition) is 1. The number of carbonyl (C=O) groups excluding carboxylic acids is 1. The van der Waals surface area contributed by atoms with Gasteiger partial charge in [0.05, 0.1) is 10.5 Å². The minimum absolute atomic E-state index is 0.0117. The van der Waals surface area contributed by atoms with Crippen molar-refractivity contribution in [2.75, 3.05) is 23.3 Å². The summed E-state index contributed by atoms with van der Waals surface area (Å²) in [5.41, 5.74) is 0.790. The molecule has 1 aliphatic heterocycles. The summed E-state index contributed by atoms with van der Waals surface area (Å²) in [6, 6.07) is 9.60. The lowest BCUT2D eigenvalue weighted by Crippen LogP contribution is -2.38. The van der Waals surface area contributed by atoms with Gasteiger partial charge in [0.1, 0.15) is 11.6 Å². The molecule has 2 aromatic heterocycles. The van der Waals surface area contributed by atoms with Gasteiger partial charge in [-0.3, -0.25) is 4.79 Å². The third-order valence-electron chi connectivity index (χ3n) is 4.76. The van der Waals surface area contributed by atoms with E-state index in [4.69, 9.17) is 21.1 Å². The van der Waals surface area contributed by atoms with Crippen molar-refractivity contribution in [2.24, 2.45) is 5.92 Å². The van der Waals surface area contributed by atoms with Crippen molar-refractivity contribution in [3.8, 4) is 0 Å². The molecule has 140 valence electrons. The number of fused-ring (bicyclic) bond motifs is 1. The fourth-order valence-corrected chi connectivity index (χ4v) is 4.22. The molecular weight excluding hydrogens is 432 g/mol. The number of nitrogens with zero attached hydrogens (tertiary/aromatic N) is 3.